The summed E-state index contributed by atoms with van der Waals surface area (Å²) in [6.45, 7) is 11.4. The van der Waals surface area contributed by atoms with E-state index in [0.29, 0.717) is 49.0 Å². The van der Waals surface area contributed by atoms with Gasteiger partial charge in [0.05, 0.1) is 11.4 Å². The minimum atomic E-state index is -0.358. The Balaban J connectivity index is 1.28. The molecule has 42 heavy (non-hydrogen) atoms. The van der Waals surface area contributed by atoms with Gasteiger partial charge in [0.25, 0.3) is 11.8 Å². The number of nitrogens with zero attached hydrogens (tertiary/aromatic N) is 3. The number of aryl methyl sites for hydroxylation is 2. The van der Waals surface area contributed by atoms with Crippen molar-refractivity contribution in [1.82, 2.24) is 15.1 Å². The summed E-state index contributed by atoms with van der Waals surface area (Å²) in [5.74, 6) is 0.497. The van der Waals surface area contributed by atoms with Gasteiger partial charge in [-0.3, -0.25) is 19.3 Å². The van der Waals surface area contributed by atoms with Crippen LogP contribution >= 0.6 is 0 Å². The first-order valence-corrected chi connectivity index (χ1v) is 14.9. The molecule has 0 unspecified atom stereocenters. The van der Waals surface area contributed by atoms with E-state index in [1.54, 1.807) is 25.1 Å². The Labute approximate surface area is 247 Å². The van der Waals surface area contributed by atoms with Crippen LogP contribution in [0.2, 0.25) is 0 Å². The van der Waals surface area contributed by atoms with Gasteiger partial charge in [0.15, 0.2) is 5.76 Å². The minimum absolute atomic E-state index is 0.189. The molecule has 3 heterocycles. The van der Waals surface area contributed by atoms with Crippen LogP contribution in [0.3, 0.4) is 0 Å². The minimum Gasteiger partial charge on any atom is -0.456 e. The van der Waals surface area contributed by atoms with Gasteiger partial charge in [0.1, 0.15) is 5.76 Å². The van der Waals surface area contributed by atoms with E-state index in [1.165, 1.54) is 11.1 Å². The average Bonchev–Trinajstić information content (AvgIpc) is 3.60. The number of benzene rings is 2. The molecule has 222 valence electrons. The molecule has 0 spiro atoms. The summed E-state index contributed by atoms with van der Waals surface area (Å²) >= 11 is 0. The summed E-state index contributed by atoms with van der Waals surface area (Å²) in [5.41, 5.74) is 4.54. The Hall–Kier alpha value is -4.11. The molecule has 9 heteroatoms. The maximum absolute atomic E-state index is 13.1. The fourth-order valence-electron chi connectivity index (χ4n) is 5.76. The van der Waals surface area contributed by atoms with E-state index in [4.69, 9.17) is 4.42 Å². The van der Waals surface area contributed by atoms with Crippen molar-refractivity contribution in [1.29, 1.82) is 0 Å². The van der Waals surface area contributed by atoms with Crippen LogP contribution in [-0.2, 0) is 11.3 Å². The Bertz CT molecular complexity index is 1430. The van der Waals surface area contributed by atoms with Gasteiger partial charge in [-0.1, -0.05) is 24.3 Å². The van der Waals surface area contributed by atoms with E-state index in [-0.39, 0.29) is 23.5 Å². The smallest absolute Gasteiger partial charge is 0.291 e. The zero-order valence-electron chi connectivity index (χ0n) is 24.8. The van der Waals surface area contributed by atoms with E-state index in [0.717, 1.165) is 44.8 Å². The van der Waals surface area contributed by atoms with Crippen LogP contribution in [0.1, 0.15) is 64.0 Å². The van der Waals surface area contributed by atoms with E-state index in [9.17, 15) is 14.4 Å². The zero-order chi connectivity index (χ0) is 29.6. The Morgan fingerprint density at radius 2 is 1.83 bits per heavy atom. The lowest BCUT2D eigenvalue weighted by Crippen LogP contribution is -2.51. The number of hydrogen-bond acceptors (Lipinski definition) is 6. The third-order valence-electron chi connectivity index (χ3n) is 8.27. The number of nitrogens with one attached hydrogen (secondary N) is 2. The van der Waals surface area contributed by atoms with E-state index in [2.05, 4.69) is 58.5 Å². The number of hydrogen-bond donors (Lipinski definition) is 2. The number of furan rings is 1. The van der Waals surface area contributed by atoms with Crippen molar-refractivity contribution in [2.24, 2.45) is 0 Å². The van der Waals surface area contributed by atoms with Gasteiger partial charge in [-0.25, -0.2) is 0 Å². The van der Waals surface area contributed by atoms with Crippen molar-refractivity contribution in [3.05, 3.63) is 82.8 Å². The molecule has 2 saturated heterocycles. The van der Waals surface area contributed by atoms with Gasteiger partial charge in [-0.2, -0.15) is 0 Å². The monoisotopic (exact) mass is 571 g/mol. The van der Waals surface area contributed by atoms with Gasteiger partial charge < -0.3 is 24.9 Å². The van der Waals surface area contributed by atoms with Crippen LogP contribution in [-0.4, -0.2) is 72.8 Å². The number of piperazine rings is 1. The molecule has 9 nitrogen and oxygen atoms in total. The number of rotatable bonds is 10. The molecule has 0 aliphatic carbocycles. The highest BCUT2D eigenvalue weighted by Gasteiger charge is 2.27. The fourth-order valence-corrected chi connectivity index (χ4v) is 5.76. The quantitative estimate of drug-likeness (QED) is 0.345. The molecular weight excluding hydrogens is 530 g/mol. The van der Waals surface area contributed by atoms with E-state index >= 15 is 0 Å². The maximum Gasteiger partial charge on any atom is 0.291 e. The Morgan fingerprint density at radius 1 is 1.00 bits per heavy atom. The molecule has 2 fully saturated rings. The lowest BCUT2D eigenvalue weighted by Gasteiger charge is -2.41. The van der Waals surface area contributed by atoms with E-state index in [1.807, 2.05) is 17.0 Å². The summed E-state index contributed by atoms with van der Waals surface area (Å²) in [6.07, 6.45) is 2.22. The second-order valence-electron chi connectivity index (χ2n) is 11.4. The Kier molecular flexibility index (Phi) is 9.27. The molecule has 2 aliphatic heterocycles. The first-order valence-electron chi connectivity index (χ1n) is 14.9. The third kappa shape index (κ3) is 7.02. The summed E-state index contributed by atoms with van der Waals surface area (Å²) < 4.78 is 5.55. The lowest BCUT2D eigenvalue weighted by atomic mass is 10.1. The maximum atomic E-state index is 13.1. The molecule has 1 aromatic heterocycles. The lowest BCUT2D eigenvalue weighted by molar-refractivity contribution is -0.127. The molecule has 5 rings (SSSR count). The van der Waals surface area contributed by atoms with Crippen molar-refractivity contribution in [3.8, 4) is 0 Å². The molecule has 3 aromatic rings. The molecule has 3 amide bonds. The van der Waals surface area contributed by atoms with Crippen molar-refractivity contribution in [3.63, 3.8) is 0 Å². The van der Waals surface area contributed by atoms with Crippen molar-refractivity contribution >= 4 is 29.1 Å². The predicted octanol–water partition coefficient (Wildman–Crippen LogP) is 4.60. The topological polar surface area (TPSA) is 98.1 Å². The summed E-state index contributed by atoms with van der Waals surface area (Å²) in [4.78, 5) is 44.6. The summed E-state index contributed by atoms with van der Waals surface area (Å²) in [7, 11) is 0. The molecule has 1 atom stereocenters. The summed E-state index contributed by atoms with van der Waals surface area (Å²) in [5, 5.41) is 5.97. The van der Waals surface area contributed by atoms with Crippen molar-refractivity contribution in [2.45, 2.75) is 52.6 Å². The van der Waals surface area contributed by atoms with Gasteiger partial charge >= 0.3 is 0 Å². The fraction of sp³-hybridized carbons (Fsp3) is 0.424. The van der Waals surface area contributed by atoms with Crippen molar-refractivity contribution in [2.75, 3.05) is 49.5 Å². The molecule has 0 bridgehead atoms. The highest BCUT2D eigenvalue weighted by Crippen LogP contribution is 2.31. The largest absolute Gasteiger partial charge is 0.456 e. The first kappa shape index (κ1) is 29.4. The number of likely N-dealkylation sites (tertiary alicyclic amines) is 1. The molecule has 2 aromatic carbocycles. The first-order chi connectivity index (χ1) is 20.3. The number of amides is 3. The van der Waals surface area contributed by atoms with Crippen LogP contribution in [0.25, 0.3) is 0 Å². The Morgan fingerprint density at radius 3 is 2.55 bits per heavy atom. The van der Waals surface area contributed by atoms with Crippen LogP contribution < -0.4 is 15.5 Å². The summed E-state index contributed by atoms with van der Waals surface area (Å²) in [6, 6.07) is 17.7. The average molecular weight is 572 g/mol. The molecule has 2 N–H and O–H groups in total. The predicted molar refractivity (Wildman–Crippen MR) is 164 cm³/mol. The van der Waals surface area contributed by atoms with Gasteiger partial charge in [-0.15, -0.1) is 0 Å². The molecule has 0 saturated carbocycles. The van der Waals surface area contributed by atoms with Gasteiger partial charge in [-0.05, 0) is 75.1 Å². The molecule has 0 radical (unpaired) electrons. The normalized spacial score (nSPS) is 17.5. The van der Waals surface area contributed by atoms with Crippen LogP contribution in [0.15, 0.2) is 59.0 Å². The number of carbonyl (C=O) groups excluding carboxylic acids is 3. The van der Waals surface area contributed by atoms with Gasteiger partial charge in [0.2, 0.25) is 5.91 Å². The molecule has 2 aliphatic rings. The standard InChI is InChI=1S/C33H41N5O4/c1-23-8-4-5-9-27(23)22-37-18-19-38(21-24(37)2)29-13-12-26(20-28(29)35-33(41)30-14-11-25(3)42-30)32(40)34-15-7-17-36-16-6-10-31(36)39/h4-5,8-9,11-14,20,24H,6-7,10,15-19,21-22H2,1-3H3,(H,34,40)(H,35,41)/t24-/m0/s1. The van der Waals surface area contributed by atoms with E-state index < -0.39 is 0 Å². The second-order valence-corrected chi connectivity index (χ2v) is 11.4. The SMILES string of the molecule is Cc1ccc(C(=O)Nc2cc(C(=O)NCCCN3CCCC3=O)ccc2N2CCN(Cc3ccccc3C)[C@@H](C)C2)o1. The number of anilines is 2. The van der Waals surface area contributed by atoms with Crippen molar-refractivity contribution < 1.29 is 18.8 Å². The third-order valence-corrected chi connectivity index (χ3v) is 8.27. The zero-order valence-corrected chi connectivity index (χ0v) is 24.8. The highest BCUT2D eigenvalue weighted by atomic mass is 16.3. The highest BCUT2D eigenvalue weighted by molar-refractivity contribution is 6.05. The second kappa shape index (κ2) is 13.2. The number of carbonyl (C=O) groups is 3. The molecular formula is C33H41N5O4. The van der Waals surface area contributed by atoms with Crippen LogP contribution in [0, 0.1) is 13.8 Å². The van der Waals surface area contributed by atoms with Gasteiger partial charge in [0, 0.05) is 63.8 Å². The van der Waals surface area contributed by atoms with Crippen LogP contribution in [0.5, 0.6) is 0 Å². The van der Waals surface area contributed by atoms with Crippen LogP contribution in [0.4, 0.5) is 11.4 Å².